The van der Waals surface area contributed by atoms with Gasteiger partial charge in [0.15, 0.2) is 0 Å². The molecule has 3 nitrogen and oxygen atoms in total. The van der Waals surface area contributed by atoms with Crippen LogP contribution in [0.4, 0.5) is 5.69 Å². The van der Waals surface area contributed by atoms with E-state index in [1.54, 1.807) is 0 Å². The van der Waals surface area contributed by atoms with Crippen molar-refractivity contribution in [2.24, 2.45) is 5.92 Å². The Balaban J connectivity index is 0.00000180. The van der Waals surface area contributed by atoms with Crippen LogP contribution >= 0.6 is 12.4 Å². The molecule has 0 saturated carbocycles. The SMILES string of the molecule is CC(C)COC1CCN(Cc2cccc(N)c2)C1.Cl. The maximum Gasteiger partial charge on any atom is 0.0714 e. The summed E-state index contributed by atoms with van der Waals surface area (Å²) in [6.07, 6.45) is 1.56. The van der Waals surface area contributed by atoms with Gasteiger partial charge in [-0.3, -0.25) is 4.90 Å². The molecule has 1 fully saturated rings. The highest BCUT2D eigenvalue weighted by Crippen LogP contribution is 2.17. The van der Waals surface area contributed by atoms with Crippen molar-refractivity contribution in [3.8, 4) is 0 Å². The van der Waals surface area contributed by atoms with Crippen molar-refractivity contribution in [3.05, 3.63) is 29.8 Å². The van der Waals surface area contributed by atoms with E-state index in [0.29, 0.717) is 12.0 Å². The first kappa shape index (κ1) is 16.3. The lowest BCUT2D eigenvalue weighted by Crippen LogP contribution is -2.24. The summed E-state index contributed by atoms with van der Waals surface area (Å²) in [5.74, 6) is 0.618. The van der Waals surface area contributed by atoms with E-state index in [-0.39, 0.29) is 12.4 Å². The fourth-order valence-electron chi connectivity index (χ4n) is 2.35. The molecule has 1 aliphatic heterocycles. The fraction of sp³-hybridized carbons (Fsp3) is 0.600. The van der Waals surface area contributed by atoms with Crippen molar-refractivity contribution < 1.29 is 4.74 Å². The maximum absolute atomic E-state index is 5.89. The van der Waals surface area contributed by atoms with Crippen LogP contribution in [0.5, 0.6) is 0 Å². The highest BCUT2D eigenvalue weighted by Gasteiger charge is 2.23. The van der Waals surface area contributed by atoms with Crippen molar-refractivity contribution in [1.29, 1.82) is 0 Å². The molecule has 1 aliphatic rings. The summed E-state index contributed by atoms with van der Waals surface area (Å²) in [6, 6.07) is 8.15. The number of benzene rings is 1. The molecule has 19 heavy (non-hydrogen) atoms. The van der Waals surface area contributed by atoms with Gasteiger partial charge in [-0.1, -0.05) is 26.0 Å². The minimum absolute atomic E-state index is 0. The Morgan fingerprint density at radius 2 is 2.21 bits per heavy atom. The van der Waals surface area contributed by atoms with Crippen molar-refractivity contribution in [1.82, 2.24) is 4.90 Å². The van der Waals surface area contributed by atoms with Gasteiger partial charge >= 0.3 is 0 Å². The van der Waals surface area contributed by atoms with Crippen LogP contribution in [0.25, 0.3) is 0 Å². The summed E-state index contributed by atoms with van der Waals surface area (Å²) < 4.78 is 5.89. The molecule has 0 aliphatic carbocycles. The molecule has 1 aromatic carbocycles. The van der Waals surface area contributed by atoms with E-state index in [9.17, 15) is 0 Å². The highest BCUT2D eigenvalue weighted by atomic mass is 35.5. The van der Waals surface area contributed by atoms with E-state index in [1.807, 2.05) is 12.1 Å². The maximum atomic E-state index is 5.89. The van der Waals surface area contributed by atoms with Gasteiger partial charge in [0.2, 0.25) is 0 Å². The predicted octanol–water partition coefficient (Wildman–Crippen LogP) is 2.94. The third kappa shape index (κ3) is 5.39. The summed E-state index contributed by atoms with van der Waals surface area (Å²) in [6.45, 7) is 8.40. The lowest BCUT2D eigenvalue weighted by atomic mass is 10.2. The van der Waals surface area contributed by atoms with E-state index in [0.717, 1.165) is 38.3 Å². The van der Waals surface area contributed by atoms with Crippen molar-refractivity contribution in [3.63, 3.8) is 0 Å². The van der Waals surface area contributed by atoms with Crippen LogP contribution in [0.3, 0.4) is 0 Å². The Labute approximate surface area is 122 Å². The molecule has 0 radical (unpaired) electrons. The van der Waals surface area contributed by atoms with Crippen LogP contribution < -0.4 is 5.73 Å². The molecular formula is C15H25ClN2O. The molecule has 4 heteroatoms. The first-order chi connectivity index (χ1) is 8.63. The zero-order valence-corrected chi connectivity index (χ0v) is 12.7. The Hall–Kier alpha value is -0.770. The van der Waals surface area contributed by atoms with Crippen LogP contribution in [-0.4, -0.2) is 30.7 Å². The molecule has 1 heterocycles. The molecule has 1 aromatic rings. The van der Waals surface area contributed by atoms with Crippen LogP contribution in [-0.2, 0) is 11.3 Å². The van der Waals surface area contributed by atoms with Crippen LogP contribution in [0.2, 0.25) is 0 Å². The number of nitrogen functional groups attached to an aromatic ring is 1. The summed E-state index contributed by atoms with van der Waals surface area (Å²) in [5.41, 5.74) is 7.94. The minimum Gasteiger partial charge on any atom is -0.399 e. The smallest absolute Gasteiger partial charge is 0.0714 e. The Morgan fingerprint density at radius 1 is 1.42 bits per heavy atom. The van der Waals surface area contributed by atoms with Gasteiger partial charge in [0.1, 0.15) is 0 Å². The van der Waals surface area contributed by atoms with Crippen LogP contribution in [0, 0.1) is 5.92 Å². The Kier molecular flexibility index (Phi) is 6.63. The second-order valence-corrected chi connectivity index (χ2v) is 5.62. The van der Waals surface area contributed by atoms with Gasteiger partial charge in [0.25, 0.3) is 0 Å². The normalized spacial score (nSPS) is 19.6. The van der Waals surface area contributed by atoms with Crippen molar-refractivity contribution >= 4 is 18.1 Å². The lowest BCUT2D eigenvalue weighted by molar-refractivity contribution is 0.0412. The summed E-state index contributed by atoms with van der Waals surface area (Å²) in [7, 11) is 0. The third-order valence-electron chi connectivity index (χ3n) is 3.25. The summed E-state index contributed by atoms with van der Waals surface area (Å²) >= 11 is 0. The zero-order chi connectivity index (χ0) is 13.0. The monoisotopic (exact) mass is 284 g/mol. The zero-order valence-electron chi connectivity index (χ0n) is 11.8. The molecule has 0 spiro atoms. The minimum atomic E-state index is 0. The number of halogens is 1. The number of hydrogen-bond donors (Lipinski definition) is 1. The van der Waals surface area contributed by atoms with Crippen molar-refractivity contribution in [2.45, 2.75) is 32.9 Å². The molecular weight excluding hydrogens is 260 g/mol. The molecule has 2 rings (SSSR count). The first-order valence-corrected chi connectivity index (χ1v) is 6.82. The average Bonchev–Trinajstić information content (AvgIpc) is 2.74. The molecule has 2 N–H and O–H groups in total. The Bertz CT molecular complexity index is 384. The first-order valence-electron chi connectivity index (χ1n) is 6.82. The number of rotatable bonds is 5. The van der Waals surface area contributed by atoms with E-state index in [2.05, 4.69) is 30.9 Å². The van der Waals surface area contributed by atoms with Gasteiger partial charge in [-0.15, -0.1) is 12.4 Å². The molecule has 1 unspecified atom stereocenters. The van der Waals surface area contributed by atoms with Gasteiger partial charge in [-0.2, -0.15) is 0 Å². The molecule has 1 atom stereocenters. The number of nitrogens with two attached hydrogens (primary N) is 1. The second-order valence-electron chi connectivity index (χ2n) is 5.62. The Morgan fingerprint density at radius 3 is 2.89 bits per heavy atom. The second kappa shape index (κ2) is 7.73. The number of nitrogens with zero attached hydrogens (tertiary/aromatic N) is 1. The largest absolute Gasteiger partial charge is 0.399 e. The van der Waals surface area contributed by atoms with Gasteiger partial charge in [-0.25, -0.2) is 0 Å². The van der Waals surface area contributed by atoms with E-state index in [4.69, 9.17) is 10.5 Å². The van der Waals surface area contributed by atoms with Gasteiger partial charge in [-0.05, 0) is 30.0 Å². The summed E-state index contributed by atoms with van der Waals surface area (Å²) in [4.78, 5) is 2.44. The van der Waals surface area contributed by atoms with Gasteiger partial charge in [0, 0.05) is 31.9 Å². The fourth-order valence-corrected chi connectivity index (χ4v) is 2.35. The number of likely N-dealkylation sites (tertiary alicyclic amines) is 1. The van der Waals surface area contributed by atoms with Gasteiger partial charge < -0.3 is 10.5 Å². The molecule has 0 bridgehead atoms. The quantitative estimate of drug-likeness (QED) is 0.845. The third-order valence-corrected chi connectivity index (χ3v) is 3.25. The molecule has 0 amide bonds. The number of anilines is 1. The average molecular weight is 285 g/mol. The molecule has 0 aromatic heterocycles. The number of hydrogen-bond acceptors (Lipinski definition) is 3. The predicted molar refractivity (Wildman–Crippen MR) is 82.6 cm³/mol. The van der Waals surface area contributed by atoms with Crippen LogP contribution in [0.1, 0.15) is 25.8 Å². The van der Waals surface area contributed by atoms with E-state index < -0.39 is 0 Å². The van der Waals surface area contributed by atoms with E-state index >= 15 is 0 Å². The van der Waals surface area contributed by atoms with E-state index in [1.165, 1.54) is 5.56 Å². The topological polar surface area (TPSA) is 38.5 Å². The van der Waals surface area contributed by atoms with Crippen LogP contribution in [0.15, 0.2) is 24.3 Å². The lowest BCUT2D eigenvalue weighted by Gasteiger charge is -2.17. The number of ether oxygens (including phenoxy) is 1. The van der Waals surface area contributed by atoms with Crippen molar-refractivity contribution in [2.75, 3.05) is 25.4 Å². The van der Waals surface area contributed by atoms with Gasteiger partial charge in [0.05, 0.1) is 6.10 Å². The molecule has 1 saturated heterocycles. The highest BCUT2D eigenvalue weighted by molar-refractivity contribution is 5.85. The standard InChI is InChI=1S/C15H24N2O.ClH/c1-12(2)11-18-15-6-7-17(10-15)9-13-4-3-5-14(16)8-13;/h3-5,8,12,15H,6-7,9-11,16H2,1-2H3;1H. The molecule has 108 valence electrons. The summed E-state index contributed by atoms with van der Waals surface area (Å²) in [5, 5.41) is 0.